The van der Waals surface area contributed by atoms with Gasteiger partial charge in [0.2, 0.25) is 11.8 Å². The molecule has 5 heteroatoms. The smallest absolute Gasteiger partial charge is 0.244 e. The molecule has 0 aliphatic rings. The standard InChI is InChI=1S/C18H19FN2O2/c1-12-7-8-17(9-13(12)2)21(14(3)22)11-18(23)20-16-6-4-5-15(19)10-16/h4-10H,11H2,1-3H3,(H,20,23). The molecule has 0 unspecified atom stereocenters. The molecule has 0 radical (unpaired) electrons. The predicted molar refractivity (Wildman–Crippen MR) is 89.0 cm³/mol. The molecule has 0 aliphatic heterocycles. The molecule has 0 saturated carbocycles. The lowest BCUT2D eigenvalue weighted by Gasteiger charge is -2.21. The highest BCUT2D eigenvalue weighted by molar-refractivity contribution is 6.01. The molecule has 1 N–H and O–H groups in total. The van der Waals surface area contributed by atoms with Gasteiger partial charge in [0, 0.05) is 18.3 Å². The first-order valence-corrected chi connectivity index (χ1v) is 7.27. The Labute approximate surface area is 134 Å². The van der Waals surface area contributed by atoms with E-state index in [1.54, 1.807) is 12.1 Å². The summed E-state index contributed by atoms with van der Waals surface area (Å²) in [7, 11) is 0. The molecule has 0 bridgehead atoms. The van der Waals surface area contributed by atoms with Crippen LogP contribution in [-0.4, -0.2) is 18.4 Å². The molecule has 0 saturated heterocycles. The summed E-state index contributed by atoms with van der Waals surface area (Å²) in [6.45, 7) is 5.21. The highest BCUT2D eigenvalue weighted by atomic mass is 19.1. The Bertz CT molecular complexity index is 744. The van der Waals surface area contributed by atoms with Crippen LogP contribution in [0.2, 0.25) is 0 Å². The summed E-state index contributed by atoms with van der Waals surface area (Å²) in [5.41, 5.74) is 3.18. The summed E-state index contributed by atoms with van der Waals surface area (Å²) in [6, 6.07) is 11.2. The number of hydrogen-bond donors (Lipinski definition) is 1. The van der Waals surface area contributed by atoms with E-state index < -0.39 is 5.82 Å². The van der Waals surface area contributed by atoms with Crippen molar-refractivity contribution in [1.29, 1.82) is 0 Å². The van der Waals surface area contributed by atoms with Gasteiger partial charge in [-0.15, -0.1) is 0 Å². The lowest BCUT2D eigenvalue weighted by atomic mass is 10.1. The van der Waals surface area contributed by atoms with E-state index in [1.807, 2.05) is 26.0 Å². The predicted octanol–water partition coefficient (Wildman–Crippen LogP) is 3.43. The molecule has 4 nitrogen and oxygen atoms in total. The minimum absolute atomic E-state index is 0.131. The van der Waals surface area contributed by atoms with Gasteiger partial charge in [-0.2, -0.15) is 0 Å². The maximum atomic E-state index is 13.1. The number of carbonyl (C=O) groups is 2. The monoisotopic (exact) mass is 314 g/mol. The molecule has 0 aliphatic carbocycles. The zero-order chi connectivity index (χ0) is 17.0. The zero-order valence-electron chi connectivity index (χ0n) is 13.4. The van der Waals surface area contributed by atoms with Gasteiger partial charge < -0.3 is 10.2 Å². The van der Waals surface area contributed by atoms with Crippen molar-refractivity contribution in [3.8, 4) is 0 Å². The summed E-state index contributed by atoms with van der Waals surface area (Å²) in [4.78, 5) is 25.4. The molecule has 0 aromatic heterocycles. The Morgan fingerprint density at radius 1 is 1.09 bits per heavy atom. The van der Waals surface area contributed by atoms with E-state index in [0.717, 1.165) is 11.1 Å². The van der Waals surface area contributed by atoms with Crippen molar-refractivity contribution in [2.75, 3.05) is 16.8 Å². The van der Waals surface area contributed by atoms with E-state index in [1.165, 1.54) is 30.0 Å². The van der Waals surface area contributed by atoms with Crippen LogP contribution in [-0.2, 0) is 9.59 Å². The number of hydrogen-bond acceptors (Lipinski definition) is 2. The maximum absolute atomic E-state index is 13.1. The van der Waals surface area contributed by atoms with Crippen LogP contribution in [0, 0.1) is 19.7 Å². The Balaban J connectivity index is 2.14. The molecular weight excluding hydrogens is 295 g/mol. The van der Waals surface area contributed by atoms with Gasteiger partial charge in [-0.1, -0.05) is 12.1 Å². The van der Waals surface area contributed by atoms with Gasteiger partial charge in [-0.25, -0.2) is 4.39 Å². The van der Waals surface area contributed by atoms with Gasteiger partial charge in [-0.3, -0.25) is 9.59 Å². The van der Waals surface area contributed by atoms with Crippen molar-refractivity contribution in [2.45, 2.75) is 20.8 Å². The van der Waals surface area contributed by atoms with E-state index in [2.05, 4.69) is 5.32 Å². The number of nitrogens with zero attached hydrogens (tertiary/aromatic N) is 1. The Morgan fingerprint density at radius 2 is 1.83 bits per heavy atom. The van der Waals surface area contributed by atoms with Crippen LogP contribution in [0.3, 0.4) is 0 Å². The van der Waals surface area contributed by atoms with Crippen LogP contribution in [0.5, 0.6) is 0 Å². The van der Waals surface area contributed by atoms with E-state index in [4.69, 9.17) is 0 Å². The third kappa shape index (κ3) is 4.39. The number of benzene rings is 2. The van der Waals surface area contributed by atoms with Crippen LogP contribution in [0.1, 0.15) is 18.1 Å². The normalized spacial score (nSPS) is 10.3. The first kappa shape index (κ1) is 16.7. The number of anilines is 2. The third-order valence-corrected chi connectivity index (χ3v) is 3.59. The fourth-order valence-electron chi connectivity index (χ4n) is 2.19. The van der Waals surface area contributed by atoms with Crippen LogP contribution in [0.4, 0.5) is 15.8 Å². The van der Waals surface area contributed by atoms with Gasteiger partial charge in [0.15, 0.2) is 0 Å². The first-order chi connectivity index (χ1) is 10.9. The summed E-state index contributed by atoms with van der Waals surface area (Å²) in [6.07, 6.45) is 0. The van der Waals surface area contributed by atoms with Crippen LogP contribution in [0.25, 0.3) is 0 Å². The maximum Gasteiger partial charge on any atom is 0.244 e. The van der Waals surface area contributed by atoms with E-state index in [0.29, 0.717) is 11.4 Å². The summed E-state index contributed by atoms with van der Waals surface area (Å²) in [5.74, 6) is -1.05. The average molecular weight is 314 g/mol. The van der Waals surface area contributed by atoms with Crippen molar-refractivity contribution in [3.63, 3.8) is 0 Å². The second kappa shape index (κ2) is 7.05. The quantitative estimate of drug-likeness (QED) is 0.940. The highest BCUT2D eigenvalue weighted by Gasteiger charge is 2.16. The summed E-state index contributed by atoms with van der Waals surface area (Å²) in [5, 5.41) is 2.59. The first-order valence-electron chi connectivity index (χ1n) is 7.27. The molecule has 2 aromatic rings. The number of rotatable bonds is 4. The fourth-order valence-corrected chi connectivity index (χ4v) is 2.19. The van der Waals surface area contributed by atoms with Crippen molar-refractivity contribution in [1.82, 2.24) is 0 Å². The van der Waals surface area contributed by atoms with Gasteiger partial charge in [0.25, 0.3) is 0 Å². The second-order valence-corrected chi connectivity index (χ2v) is 5.43. The Kier molecular flexibility index (Phi) is 5.11. The van der Waals surface area contributed by atoms with Crippen molar-refractivity contribution in [2.24, 2.45) is 0 Å². The Hall–Kier alpha value is -2.69. The fraction of sp³-hybridized carbons (Fsp3) is 0.222. The van der Waals surface area contributed by atoms with Gasteiger partial charge >= 0.3 is 0 Å². The van der Waals surface area contributed by atoms with E-state index in [9.17, 15) is 14.0 Å². The number of aryl methyl sites for hydroxylation is 2. The zero-order valence-corrected chi connectivity index (χ0v) is 13.4. The van der Waals surface area contributed by atoms with Crippen molar-refractivity contribution in [3.05, 3.63) is 59.4 Å². The molecule has 23 heavy (non-hydrogen) atoms. The highest BCUT2D eigenvalue weighted by Crippen LogP contribution is 2.19. The Morgan fingerprint density at radius 3 is 2.43 bits per heavy atom. The van der Waals surface area contributed by atoms with Gasteiger partial charge in [-0.05, 0) is 55.3 Å². The topological polar surface area (TPSA) is 49.4 Å². The van der Waals surface area contributed by atoms with Crippen LogP contribution in [0.15, 0.2) is 42.5 Å². The molecule has 0 fully saturated rings. The minimum Gasteiger partial charge on any atom is -0.324 e. The lowest BCUT2D eigenvalue weighted by molar-refractivity contribution is -0.120. The summed E-state index contributed by atoms with van der Waals surface area (Å²) >= 11 is 0. The number of nitrogens with one attached hydrogen (secondary N) is 1. The van der Waals surface area contributed by atoms with Crippen molar-refractivity contribution >= 4 is 23.2 Å². The SMILES string of the molecule is CC(=O)N(CC(=O)Nc1cccc(F)c1)c1ccc(C)c(C)c1. The average Bonchev–Trinajstić information content (AvgIpc) is 2.47. The molecule has 2 aromatic carbocycles. The number of carbonyl (C=O) groups excluding carboxylic acids is 2. The number of amides is 2. The molecular formula is C18H19FN2O2. The molecule has 0 spiro atoms. The third-order valence-electron chi connectivity index (χ3n) is 3.59. The molecule has 0 heterocycles. The summed E-state index contributed by atoms with van der Waals surface area (Å²) < 4.78 is 13.1. The molecule has 2 amide bonds. The van der Waals surface area contributed by atoms with Crippen LogP contribution < -0.4 is 10.2 Å². The lowest BCUT2D eigenvalue weighted by Crippen LogP contribution is -2.36. The van der Waals surface area contributed by atoms with E-state index in [-0.39, 0.29) is 18.4 Å². The van der Waals surface area contributed by atoms with Gasteiger partial charge in [0.1, 0.15) is 12.4 Å². The van der Waals surface area contributed by atoms with Gasteiger partial charge in [0.05, 0.1) is 0 Å². The molecule has 120 valence electrons. The van der Waals surface area contributed by atoms with Crippen molar-refractivity contribution < 1.29 is 14.0 Å². The molecule has 0 atom stereocenters. The number of halogens is 1. The minimum atomic E-state index is -0.430. The second-order valence-electron chi connectivity index (χ2n) is 5.43. The largest absolute Gasteiger partial charge is 0.324 e. The molecule has 2 rings (SSSR count). The van der Waals surface area contributed by atoms with E-state index >= 15 is 0 Å². The van der Waals surface area contributed by atoms with Crippen LogP contribution >= 0.6 is 0 Å².